The first-order chi connectivity index (χ1) is 32.7. The first-order valence-corrected chi connectivity index (χ1v) is 23.3. The largest absolute Gasteiger partial charge is 0.494 e. The lowest BCUT2D eigenvalue weighted by atomic mass is 10.0. The van der Waals surface area contributed by atoms with Crippen molar-refractivity contribution in [1.29, 1.82) is 0 Å². The number of anilines is 1. The molecule has 14 heteroatoms. The molecule has 67 heavy (non-hydrogen) atoms. The quantitative estimate of drug-likeness (QED) is 0.0130. The predicted octanol–water partition coefficient (Wildman–Crippen LogP) is 11.6. The molecule has 0 saturated carbocycles. The molecule has 0 fully saturated rings. The summed E-state index contributed by atoms with van der Waals surface area (Å²) in [5.74, 6) is -0.564. The third-order valence-corrected chi connectivity index (χ3v) is 11.3. The van der Waals surface area contributed by atoms with E-state index in [-0.39, 0.29) is 17.1 Å². The van der Waals surface area contributed by atoms with Gasteiger partial charge in [0, 0.05) is 28.5 Å². The van der Waals surface area contributed by atoms with Crippen LogP contribution in [0.2, 0.25) is 0 Å². The molecule has 1 N–H and O–H groups in total. The highest BCUT2D eigenvalue weighted by Crippen LogP contribution is 2.39. The maximum absolute atomic E-state index is 14.0. The number of hydrogen-bond donors (Lipinski definition) is 1. The van der Waals surface area contributed by atoms with E-state index in [0.29, 0.717) is 65.0 Å². The van der Waals surface area contributed by atoms with Gasteiger partial charge in [-0.25, -0.2) is 24.2 Å². The van der Waals surface area contributed by atoms with Gasteiger partial charge in [-0.1, -0.05) is 62.1 Å². The van der Waals surface area contributed by atoms with Gasteiger partial charge in [0.15, 0.2) is 0 Å². The maximum atomic E-state index is 14.0. The second-order valence-electron chi connectivity index (χ2n) is 15.4. The molecule has 13 nitrogen and oxygen atoms in total. The molecule has 1 aromatic heterocycles. The van der Waals surface area contributed by atoms with Gasteiger partial charge in [-0.2, -0.15) is 5.10 Å². The maximum Gasteiger partial charge on any atom is 0.343 e. The van der Waals surface area contributed by atoms with Crippen LogP contribution in [0.1, 0.15) is 96.6 Å². The van der Waals surface area contributed by atoms with Crippen molar-refractivity contribution >= 4 is 67.5 Å². The summed E-state index contributed by atoms with van der Waals surface area (Å²) in [5, 5.41) is 6.00. The number of ether oxygens (including phenoxy) is 6. The Bertz CT molecular complexity index is 2630. The Kier molecular flexibility index (Phi) is 19.1. The van der Waals surface area contributed by atoms with Gasteiger partial charge in [0.1, 0.15) is 23.0 Å². The van der Waals surface area contributed by atoms with Crippen molar-refractivity contribution in [2.75, 3.05) is 31.9 Å². The number of unbranched alkanes of at least 4 members (excludes halogenated alkanes) is 6. The molecule has 0 amide bonds. The highest BCUT2D eigenvalue weighted by Gasteiger charge is 2.21. The fraction of sp³-hybridized carbons (Fsp3) is 0.283. The number of thiazole rings is 1. The molecular weight excluding hydrogens is 871 g/mol. The minimum absolute atomic E-state index is 0.165. The average Bonchev–Trinajstić information content (AvgIpc) is 3.77. The molecule has 0 aliphatic heterocycles. The third-order valence-electron chi connectivity index (χ3n) is 10.4. The smallest absolute Gasteiger partial charge is 0.343 e. The number of hydrogen-bond acceptors (Lipinski definition) is 14. The highest BCUT2D eigenvalue weighted by molar-refractivity contribution is 7.22. The van der Waals surface area contributed by atoms with Gasteiger partial charge in [-0.05, 0) is 136 Å². The standard InChI is InChI=1S/C53H55N3O10S/c1-4-17-37-20-22-38(23-21-37)51(59)65-46-34-40(36-54-56-53-55-45-18-11-12-19-47(45)67-53)50(44-35-42(28-29-43(44)46)62-31-14-8-10-16-33-64-49(58)6-3)66-52(60)39-24-26-41(27-25-39)61-30-13-7-9-15-32-63-48(57)5-2/h5-6,11-12,18-29,34-36H,2-4,7-10,13-17,30-33H2,1H3,(H,55,56)/b54-36+. The second-order valence-corrected chi connectivity index (χ2v) is 16.4. The van der Waals surface area contributed by atoms with E-state index in [1.54, 1.807) is 60.7 Å². The zero-order valence-electron chi connectivity index (χ0n) is 37.7. The fourth-order valence-corrected chi connectivity index (χ4v) is 7.70. The molecule has 0 spiro atoms. The van der Waals surface area contributed by atoms with Gasteiger partial charge in [-0.15, -0.1) is 0 Å². The highest BCUT2D eigenvalue weighted by atomic mass is 32.1. The van der Waals surface area contributed by atoms with Crippen molar-refractivity contribution in [1.82, 2.24) is 4.98 Å². The predicted molar refractivity (Wildman–Crippen MR) is 262 cm³/mol. The van der Waals surface area contributed by atoms with Crippen LogP contribution in [0.15, 0.2) is 127 Å². The first-order valence-electron chi connectivity index (χ1n) is 22.5. The summed E-state index contributed by atoms with van der Waals surface area (Å²) >= 11 is 1.43. The monoisotopic (exact) mass is 925 g/mol. The van der Waals surface area contributed by atoms with Crippen LogP contribution in [0.4, 0.5) is 5.13 Å². The summed E-state index contributed by atoms with van der Waals surface area (Å²) in [5.41, 5.74) is 5.94. The summed E-state index contributed by atoms with van der Waals surface area (Å²) in [4.78, 5) is 54.9. The lowest BCUT2D eigenvalue weighted by Gasteiger charge is -2.16. The van der Waals surface area contributed by atoms with Crippen LogP contribution in [-0.2, 0) is 25.5 Å². The van der Waals surface area contributed by atoms with E-state index in [1.165, 1.54) is 17.6 Å². The SMILES string of the molecule is C=CC(=O)OCCCCCCOc1ccc(C(=O)Oc2c(/C=N/Nc3nc4ccccc4s3)cc(OC(=O)c3ccc(CCC)cc3)c3ccc(OCCCCCCOC(=O)C=C)cc23)cc1. The van der Waals surface area contributed by atoms with E-state index in [9.17, 15) is 19.2 Å². The van der Waals surface area contributed by atoms with Gasteiger partial charge in [0.2, 0.25) is 5.13 Å². The zero-order chi connectivity index (χ0) is 47.2. The number of nitrogens with zero attached hydrogens (tertiary/aromatic N) is 2. The van der Waals surface area contributed by atoms with Crippen molar-refractivity contribution in [3.8, 4) is 23.0 Å². The van der Waals surface area contributed by atoms with Crippen LogP contribution in [0.3, 0.4) is 0 Å². The number of fused-ring (bicyclic) bond motifs is 2. The summed E-state index contributed by atoms with van der Waals surface area (Å²) in [7, 11) is 0. The van der Waals surface area contributed by atoms with E-state index in [4.69, 9.17) is 28.4 Å². The Labute approximate surface area is 394 Å². The van der Waals surface area contributed by atoms with Gasteiger partial charge in [0.05, 0.1) is 54.0 Å². The third kappa shape index (κ3) is 15.1. The van der Waals surface area contributed by atoms with Gasteiger partial charge in [0.25, 0.3) is 0 Å². The topological polar surface area (TPSA) is 161 Å². The van der Waals surface area contributed by atoms with Crippen molar-refractivity contribution in [3.63, 3.8) is 0 Å². The number of hydrazone groups is 1. The molecule has 0 atom stereocenters. The van der Waals surface area contributed by atoms with Crippen LogP contribution in [0, 0.1) is 0 Å². The van der Waals surface area contributed by atoms with Crippen molar-refractivity contribution in [3.05, 3.63) is 145 Å². The first kappa shape index (κ1) is 49.1. The van der Waals surface area contributed by atoms with Gasteiger partial charge < -0.3 is 28.4 Å². The molecule has 0 bridgehead atoms. The summed E-state index contributed by atoms with van der Waals surface area (Å²) in [6, 6.07) is 28.7. The molecule has 0 radical (unpaired) electrons. The number of nitrogens with one attached hydrogen (secondary N) is 1. The van der Waals surface area contributed by atoms with Crippen molar-refractivity contribution < 1.29 is 47.6 Å². The molecule has 0 aliphatic rings. The minimum atomic E-state index is -0.638. The second kappa shape index (κ2) is 26.0. The number of esters is 4. The van der Waals surface area contributed by atoms with E-state index < -0.39 is 23.9 Å². The molecule has 5 aromatic carbocycles. The van der Waals surface area contributed by atoms with Crippen molar-refractivity contribution in [2.24, 2.45) is 5.10 Å². The molecule has 6 rings (SSSR count). The van der Waals surface area contributed by atoms with E-state index in [1.807, 2.05) is 36.4 Å². The summed E-state index contributed by atoms with van der Waals surface area (Å²) < 4.78 is 35.6. The van der Waals surface area contributed by atoms with Crippen LogP contribution >= 0.6 is 11.3 Å². The molecular formula is C53H55N3O10S. The Hall–Kier alpha value is -7.32. The van der Waals surface area contributed by atoms with Crippen LogP contribution in [-0.4, -0.2) is 61.5 Å². The number of carbonyl (C=O) groups excluding carboxylic acids is 4. The molecule has 0 unspecified atom stereocenters. The Morgan fingerprint density at radius 3 is 1.87 bits per heavy atom. The lowest BCUT2D eigenvalue weighted by molar-refractivity contribution is -0.138. The summed E-state index contributed by atoms with van der Waals surface area (Å²) in [6.45, 7) is 10.5. The van der Waals surface area contributed by atoms with Crippen LogP contribution < -0.4 is 24.4 Å². The lowest BCUT2D eigenvalue weighted by Crippen LogP contribution is -2.12. The summed E-state index contributed by atoms with van der Waals surface area (Å²) in [6.07, 6.45) is 12.2. The molecule has 1 heterocycles. The Morgan fingerprint density at radius 1 is 0.657 bits per heavy atom. The van der Waals surface area contributed by atoms with Gasteiger partial charge in [-0.3, -0.25) is 5.43 Å². The van der Waals surface area contributed by atoms with Gasteiger partial charge >= 0.3 is 23.9 Å². The normalized spacial score (nSPS) is 11.0. The number of carbonyl (C=O) groups is 4. The van der Waals surface area contributed by atoms with Crippen molar-refractivity contribution in [2.45, 2.75) is 71.1 Å². The van der Waals surface area contributed by atoms with Crippen LogP contribution in [0.25, 0.3) is 21.0 Å². The number of aryl methyl sites for hydroxylation is 1. The van der Waals surface area contributed by atoms with E-state index in [0.717, 1.165) is 92.1 Å². The minimum Gasteiger partial charge on any atom is -0.494 e. The molecule has 0 aliphatic carbocycles. The fourth-order valence-electron chi connectivity index (χ4n) is 6.88. The van der Waals surface area contributed by atoms with E-state index in [2.05, 4.69) is 35.6 Å². The Balaban J connectivity index is 1.25. The van der Waals surface area contributed by atoms with Crippen LogP contribution in [0.5, 0.6) is 23.0 Å². The Morgan fingerprint density at radius 2 is 1.24 bits per heavy atom. The number of benzene rings is 5. The molecule has 348 valence electrons. The zero-order valence-corrected chi connectivity index (χ0v) is 38.5. The number of aromatic nitrogens is 1. The number of para-hydroxylation sites is 1. The molecule has 6 aromatic rings. The number of rotatable bonds is 27. The average molecular weight is 926 g/mol. The van der Waals surface area contributed by atoms with E-state index >= 15 is 0 Å². The molecule has 0 saturated heterocycles.